The fourth-order valence-corrected chi connectivity index (χ4v) is 5.89. The Hall–Kier alpha value is -2.37. The van der Waals surface area contributed by atoms with Crippen molar-refractivity contribution in [1.82, 2.24) is 14.6 Å². The Morgan fingerprint density at radius 2 is 2.00 bits per heavy atom. The number of sulfonamides is 1. The number of hydrogen-bond acceptors (Lipinski definition) is 6. The van der Waals surface area contributed by atoms with Crippen molar-refractivity contribution in [3.05, 3.63) is 41.2 Å². The summed E-state index contributed by atoms with van der Waals surface area (Å²) in [4.78, 5) is 31.0. The molecule has 3 atom stereocenters. The van der Waals surface area contributed by atoms with Gasteiger partial charge in [0, 0.05) is 24.2 Å². The molecular weight excluding hydrogens is 467 g/mol. The molecule has 33 heavy (non-hydrogen) atoms. The summed E-state index contributed by atoms with van der Waals surface area (Å²) >= 11 is 1.35. The molecule has 1 aromatic carbocycles. The molecule has 0 saturated carbocycles. The molecule has 1 fully saturated rings. The summed E-state index contributed by atoms with van der Waals surface area (Å²) in [5, 5.41) is 6.07. The summed E-state index contributed by atoms with van der Waals surface area (Å²) in [6.07, 6.45) is 3.36. The van der Waals surface area contributed by atoms with E-state index in [4.69, 9.17) is 0 Å². The SMILES string of the molecule is CCC(C)[C@H](NC(=O)C1CCCN(S(=O)(=O)c2ccc(F)cc2)C1)C(=O)Nc1ncc(C)s1. The molecule has 11 heteroatoms. The second kappa shape index (κ2) is 10.7. The van der Waals surface area contributed by atoms with Gasteiger partial charge in [0.05, 0.1) is 10.8 Å². The molecule has 1 saturated heterocycles. The molecule has 2 amide bonds. The predicted molar refractivity (Wildman–Crippen MR) is 125 cm³/mol. The van der Waals surface area contributed by atoms with Gasteiger partial charge in [-0.15, -0.1) is 11.3 Å². The number of nitrogens with one attached hydrogen (secondary N) is 2. The third-order valence-corrected chi connectivity index (χ3v) is 8.56. The number of rotatable bonds is 8. The Morgan fingerprint density at radius 3 is 2.61 bits per heavy atom. The number of anilines is 1. The Kier molecular flexibility index (Phi) is 8.19. The largest absolute Gasteiger partial charge is 0.344 e. The van der Waals surface area contributed by atoms with E-state index in [0.717, 1.165) is 17.0 Å². The number of amides is 2. The molecule has 2 N–H and O–H groups in total. The van der Waals surface area contributed by atoms with Crippen LogP contribution < -0.4 is 10.6 Å². The van der Waals surface area contributed by atoms with Crippen molar-refractivity contribution in [1.29, 1.82) is 0 Å². The van der Waals surface area contributed by atoms with Gasteiger partial charge in [-0.3, -0.25) is 9.59 Å². The molecule has 0 spiro atoms. The fraction of sp³-hybridized carbons (Fsp3) is 0.500. The lowest BCUT2D eigenvalue weighted by atomic mass is 9.95. The number of piperidine rings is 1. The number of carbonyl (C=O) groups excluding carboxylic acids is 2. The maximum Gasteiger partial charge on any atom is 0.249 e. The monoisotopic (exact) mass is 496 g/mol. The third-order valence-electron chi connectivity index (χ3n) is 5.85. The van der Waals surface area contributed by atoms with Crippen LogP contribution in [0.3, 0.4) is 0 Å². The van der Waals surface area contributed by atoms with Gasteiger partial charge in [0.2, 0.25) is 21.8 Å². The van der Waals surface area contributed by atoms with Crippen LogP contribution in [0.4, 0.5) is 9.52 Å². The number of halogens is 1. The van der Waals surface area contributed by atoms with Gasteiger partial charge in [-0.25, -0.2) is 17.8 Å². The van der Waals surface area contributed by atoms with Crippen LogP contribution in [0.2, 0.25) is 0 Å². The highest BCUT2D eigenvalue weighted by Crippen LogP contribution is 2.25. The van der Waals surface area contributed by atoms with E-state index in [0.29, 0.717) is 24.4 Å². The average molecular weight is 497 g/mol. The Labute approximate surface area is 197 Å². The van der Waals surface area contributed by atoms with Crippen LogP contribution in [0.1, 0.15) is 38.0 Å². The molecule has 2 aromatic rings. The van der Waals surface area contributed by atoms with E-state index < -0.39 is 27.8 Å². The number of thiazole rings is 1. The molecule has 1 aliphatic rings. The molecule has 0 bridgehead atoms. The van der Waals surface area contributed by atoms with Crippen molar-refractivity contribution in [3.8, 4) is 0 Å². The zero-order valence-corrected chi connectivity index (χ0v) is 20.5. The van der Waals surface area contributed by atoms with Crippen LogP contribution in [-0.2, 0) is 19.6 Å². The van der Waals surface area contributed by atoms with Gasteiger partial charge in [-0.05, 0) is 49.9 Å². The summed E-state index contributed by atoms with van der Waals surface area (Å²) in [6, 6.07) is 3.87. The number of hydrogen-bond donors (Lipinski definition) is 2. The van der Waals surface area contributed by atoms with E-state index in [1.807, 2.05) is 20.8 Å². The molecule has 1 aliphatic heterocycles. The number of carbonyl (C=O) groups is 2. The van der Waals surface area contributed by atoms with Gasteiger partial charge < -0.3 is 10.6 Å². The minimum atomic E-state index is -3.85. The van der Waals surface area contributed by atoms with Gasteiger partial charge in [0.25, 0.3) is 0 Å². The van der Waals surface area contributed by atoms with Gasteiger partial charge in [-0.2, -0.15) is 4.31 Å². The number of nitrogens with zero attached hydrogens (tertiary/aromatic N) is 2. The fourth-order valence-electron chi connectivity index (χ4n) is 3.70. The van der Waals surface area contributed by atoms with Crippen molar-refractivity contribution in [2.75, 3.05) is 18.4 Å². The minimum Gasteiger partial charge on any atom is -0.344 e. The topological polar surface area (TPSA) is 108 Å². The third kappa shape index (κ3) is 6.15. The van der Waals surface area contributed by atoms with E-state index in [1.165, 1.54) is 27.8 Å². The Morgan fingerprint density at radius 1 is 1.30 bits per heavy atom. The lowest BCUT2D eigenvalue weighted by Crippen LogP contribution is -2.52. The second-order valence-electron chi connectivity index (χ2n) is 8.29. The molecule has 2 unspecified atom stereocenters. The number of benzene rings is 1. The Balaban J connectivity index is 1.70. The van der Waals surface area contributed by atoms with Crippen molar-refractivity contribution < 1.29 is 22.4 Å². The van der Waals surface area contributed by atoms with Crippen LogP contribution in [0.15, 0.2) is 35.4 Å². The van der Waals surface area contributed by atoms with Crippen molar-refractivity contribution in [2.24, 2.45) is 11.8 Å². The highest BCUT2D eigenvalue weighted by Gasteiger charge is 2.35. The summed E-state index contributed by atoms with van der Waals surface area (Å²) in [5.74, 6) is -1.94. The number of aryl methyl sites for hydroxylation is 1. The second-order valence-corrected chi connectivity index (χ2v) is 11.5. The molecule has 1 aromatic heterocycles. The van der Waals surface area contributed by atoms with Crippen molar-refractivity contribution in [3.63, 3.8) is 0 Å². The normalized spacial score (nSPS) is 19.0. The zero-order chi connectivity index (χ0) is 24.2. The lowest BCUT2D eigenvalue weighted by molar-refractivity contribution is -0.131. The number of aromatic nitrogens is 1. The predicted octanol–water partition coefficient (Wildman–Crippen LogP) is 3.16. The van der Waals surface area contributed by atoms with E-state index >= 15 is 0 Å². The molecule has 8 nitrogen and oxygen atoms in total. The molecule has 3 rings (SSSR count). The van der Waals surface area contributed by atoms with E-state index in [9.17, 15) is 22.4 Å². The average Bonchev–Trinajstić information content (AvgIpc) is 3.21. The van der Waals surface area contributed by atoms with E-state index in [2.05, 4.69) is 15.6 Å². The highest BCUT2D eigenvalue weighted by molar-refractivity contribution is 7.89. The maximum atomic E-state index is 13.2. The van der Waals surface area contributed by atoms with Gasteiger partial charge >= 0.3 is 0 Å². The Bertz CT molecular complexity index is 1090. The van der Waals surface area contributed by atoms with E-state index in [-0.39, 0.29) is 35.7 Å². The minimum absolute atomic E-state index is 0.00601. The summed E-state index contributed by atoms with van der Waals surface area (Å²) in [6.45, 7) is 5.98. The molecule has 0 radical (unpaired) electrons. The van der Waals surface area contributed by atoms with Gasteiger partial charge in [0.1, 0.15) is 11.9 Å². The van der Waals surface area contributed by atoms with Crippen molar-refractivity contribution in [2.45, 2.75) is 51.0 Å². The quantitative estimate of drug-likeness (QED) is 0.584. The zero-order valence-electron chi connectivity index (χ0n) is 18.9. The summed E-state index contributed by atoms with van der Waals surface area (Å²) < 4.78 is 40.4. The van der Waals surface area contributed by atoms with Crippen LogP contribution >= 0.6 is 11.3 Å². The van der Waals surface area contributed by atoms with Crippen LogP contribution in [0.5, 0.6) is 0 Å². The first-order valence-electron chi connectivity index (χ1n) is 10.9. The van der Waals surface area contributed by atoms with Crippen LogP contribution in [0, 0.1) is 24.6 Å². The molecule has 2 heterocycles. The highest BCUT2D eigenvalue weighted by atomic mass is 32.2. The lowest BCUT2D eigenvalue weighted by Gasteiger charge is -2.32. The summed E-state index contributed by atoms with van der Waals surface area (Å²) in [5.41, 5.74) is 0. The smallest absolute Gasteiger partial charge is 0.249 e. The van der Waals surface area contributed by atoms with Crippen LogP contribution in [-0.4, -0.2) is 48.7 Å². The van der Waals surface area contributed by atoms with Crippen LogP contribution in [0.25, 0.3) is 0 Å². The first kappa shape index (κ1) is 25.3. The van der Waals surface area contributed by atoms with Crippen molar-refractivity contribution >= 4 is 38.3 Å². The first-order chi connectivity index (χ1) is 15.6. The van der Waals surface area contributed by atoms with E-state index in [1.54, 1.807) is 6.20 Å². The standard InChI is InChI=1S/C22H29FN4O4S2/c1-4-14(2)19(21(29)26-22-24-12-15(3)32-22)25-20(28)16-6-5-11-27(13-16)33(30,31)18-9-7-17(23)8-10-18/h7-10,12,14,16,19H,4-6,11,13H2,1-3H3,(H,25,28)(H,24,26,29)/t14?,16?,19-/m0/s1. The summed E-state index contributed by atoms with van der Waals surface area (Å²) in [7, 11) is -3.85. The maximum absolute atomic E-state index is 13.2. The molecule has 0 aliphatic carbocycles. The van der Waals surface area contributed by atoms with Gasteiger partial charge in [-0.1, -0.05) is 20.3 Å². The molecule has 180 valence electrons. The van der Waals surface area contributed by atoms with Gasteiger partial charge in [0.15, 0.2) is 5.13 Å². The molecular formula is C22H29FN4O4S2. The first-order valence-corrected chi connectivity index (χ1v) is 13.2.